The molecule has 0 aliphatic carbocycles. The Hall–Kier alpha value is -5.76. The number of pyridine rings is 4. The second-order valence-corrected chi connectivity index (χ2v) is 8.31. The summed E-state index contributed by atoms with van der Waals surface area (Å²) in [5.41, 5.74) is 3.84. The molecule has 8 rings (SSSR count). The standard InChI is InChI=1S/4C8H6N2/c1-2-7-6-9-5-3-8(7)10-4-1;1-2-7-3-5-9-6-8(7)10-4-1;1-2-4-8-6-10-9-5-7(8)3-1;1-2-4-8-7(3-1)9-5-6-10-8/h4*1-6H. The van der Waals surface area contributed by atoms with E-state index in [-0.39, 0.29) is 0 Å². The van der Waals surface area contributed by atoms with Gasteiger partial charge in [0.05, 0.1) is 40.7 Å². The first-order valence-electron chi connectivity index (χ1n) is 12.5. The molecule has 6 heterocycles. The van der Waals surface area contributed by atoms with E-state index in [2.05, 4.69) is 40.1 Å². The minimum absolute atomic E-state index is 0.949. The van der Waals surface area contributed by atoms with Crippen LogP contribution in [0.25, 0.3) is 43.6 Å². The van der Waals surface area contributed by atoms with Crippen LogP contribution in [0.1, 0.15) is 0 Å². The molecule has 192 valence electrons. The molecule has 0 radical (unpaired) electrons. The third-order valence-corrected chi connectivity index (χ3v) is 5.64. The Morgan fingerprint density at radius 3 is 1.48 bits per heavy atom. The van der Waals surface area contributed by atoms with Gasteiger partial charge in [-0.15, -0.1) is 0 Å². The van der Waals surface area contributed by atoms with E-state index in [1.807, 2.05) is 91.1 Å². The first kappa shape index (κ1) is 25.9. The lowest BCUT2D eigenvalue weighted by Gasteiger charge is -1.90. The second kappa shape index (κ2) is 13.7. The number of aromatic nitrogens is 8. The van der Waals surface area contributed by atoms with E-state index in [4.69, 9.17) is 0 Å². The zero-order valence-corrected chi connectivity index (χ0v) is 21.4. The number of benzene rings is 2. The van der Waals surface area contributed by atoms with Crippen LogP contribution >= 0.6 is 0 Å². The molecule has 0 aliphatic heterocycles. The molecule has 0 spiro atoms. The Kier molecular flexibility index (Phi) is 8.85. The summed E-state index contributed by atoms with van der Waals surface area (Å²) in [7, 11) is 0. The summed E-state index contributed by atoms with van der Waals surface area (Å²) in [6, 6.07) is 27.5. The SMILES string of the molecule is c1ccc2cnncc2c1.c1ccc2nccnc2c1.c1cnc2ccncc2c1.c1cnc2cnccc2c1. The van der Waals surface area contributed by atoms with Crippen LogP contribution in [-0.2, 0) is 0 Å². The van der Waals surface area contributed by atoms with Crippen LogP contribution in [0, 0.1) is 0 Å². The van der Waals surface area contributed by atoms with Crippen molar-refractivity contribution >= 4 is 43.6 Å². The van der Waals surface area contributed by atoms with E-state index in [0.717, 1.165) is 43.6 Å². The lowest BCUT2D eigenvalue weighted by Crippen LogP contribution is -1.78. The Balaban J connectivity index is 0.000000108. The number of hydrogen-bond donors (Lipinski definition) is 0. The Bertz CT molecular complexity index is 1400. The first-order chi connectivity index (χ1) is 19.9. The maximum atomic E-state index is 4.14. The lowest BCUT2D eigenvalue weighted by atomic mass is 10.2. The third kappa shape index (κ3) is 7.17. The fourth-order valence-electron chi connectivity index (χ4n) is 3.68. The summed E-state index contributed by atoms with van der Waals surface area (Å²) >= 11 is 0. The average Bonchev–Trinajstić information content (AvgIpc) is 3.06. The maximum Gasteiger partial charge on any atom is 0.0886 e. The summed E-state index contributed by atoms with van der Waals surface area (Å²) in [5, 5.41) is 12.0. The van der Waals surface area contributed by atoms with E-state index in [1.54, 1.807) is 55.8 Å². The van der Waals surface area contributed by atoms with Crippen molar-refractivity contribution in [2.45, 2.75) is 0 Å². The number of nitrogens with zero attached hydrogens (tertiary/aromatic N) is 8. The number of rotatable bonds is 0. The fourth-order valence-corrected chi connectivity index (χ4v) is 3.68. The number of para-hydroxylation sites is 2. The van der Waals surface area contributed by atoms with Gasteiger partial charge in [0.1, 0.15) is 0 Å². The normalized spacial score (nSPS) is 10.0. The van der Waals surface area contributed by atoms with Crippen molar-refractivity contribution in [3.8, 4) is 0 Å². The Labute approximate surface area is 230 Å². The van der Waals surface area contributed by atoms with Crippen molar-refractivity contribution in [2.75, 3.05) is 0 Å². The van der Waals surface area contributed by atoms with E-state index in [1.165, 1.54) is 0 Å². The molecule has 8 aromatic rings. The van der Waals surface area contributed by atoms with Crippen LogP contribution in [0.5, 0.6) is 0 Å². The zero-order chi connectivity index (χ0) is 27.2. The largest absolute Gasteiger partial charge is 0.264 e. The molecule has 0 amide bonds. The zero-order valence-electron chi connectivity index (χ0n) is 21.4. The van der Waals surface area contributed by atoms with Crippen molar-refractivity contribution in [1.29, 1.82) is 0 Å². The number of fused-ring (bicyclic) bond motifs is 4. The van der Waals surface area contributed by atoms with Crippen molar-refractivity contribution < 1.29 is 0 Å². The average molecular weight is 521 g/mol. The van der Waals surface area contributed by atoms with E-state index >= 15 is 0 Å². The van der Waals surface area contributed by atoms with Crippen molar-refractivity contribution in [2.24, 2.45) is 0 Å². The molecule has 8 heteroatoms. The highest BCUT2D eigenvalue weighted by atomic mass is 15.1. The molecule has 6 aromatic heterocycles. The summed E-state index contributed by atoms with van der Waals surface area (Å²) < 4.78 is 0. The maximum absolute atomic E-state index is 4.14. The third-order valence-electron chi connectivity index (χ3n) is 5.64. The highest BCUT2D eigenvalue weighted by molar-refractivity contribution is 5.80. The highest BCUT2D eigenvalue weighted by Crippen LogP contribution is 2.09. The molecular weight excluding hydrogens is 496 g/mol. The van der Waals surface area contributed by atoms with Crippen LogP contribution in [0.2, 0.25) is 0 Å². The molecule has 0 unspecified atom stereocenters. The monoisotopic (exact) mass is 520 g/mol. The molecule has 0 fully saturated rings. The Morgan fingerprint density at radius 2 is 0.825 bits per heavy atom. The fraction of sp³-hybridized carbons (Fsp3) is 0. The van der Waals surface area contributed by atoms with E-state index < -0.39 is 0 Å². The predicted octanol–water partition coefficient (Wildman–Crippen LogP) is 6.52. The van der Waals surface area contributed by atoms with Gasteiger partial charge in [0.15, 0.2) is 0 Å². The van der Waals surface area contributed by atoms with Gasteiger partial charge in [-0.05, 0) is 42.5 Å². The quantitative estimate of drug-likeness (QED) is 0.223. The highest BCUT2D eigenvalue weighted by Gasteiger charge is 1.90. The summed E-state index contributed by atoms with van der Waals surface area (Å²) in [5.74, 6) is 0. The van der Waals surface area contributed by atoms with E-state index in [9.17, 15) is 0 Å². The molecule has 0 bridgehead atoms. The molecule has 0 saturated heterocycles. The van der Waals surface area contributed by atoms with Gasteiger partial charge >= 0.3 is 0 Å². The second-order valence-electron chi connectivity index (χ2n) is 8.31. The van der Waals surface area contributed by atoms with Crippen molar-refractivity contribution in [3.63, 3.8) is 0 Å². The molecule has 8 nitrogen and oxygen atoms in total. The lowest BCUT2D eigenvalue weighted by molar-refractivity contribution is 1.05. The van der Waals surface area contributed by atoms with Crippen LogP contribution in [-0.4, -0.2) is 40.1 Å². The summed E-state index contributed by atoms with van der Waals surface area (Å²) in [6.07, 6.45) is 17.5. The van der Waals surface area contributed by atoms with Gasteiger partial charge in [-0.25, -0.2) is 0 Å². The smallest absolute Gasteiger partial charge is 0.0886 e. The number of hydrogen-bond acceptors (Lipinski definition) is 8. The van der Waals surface area contributed by atoms with E-state index in [0.29, 0.717) is 0 Å². The van der Waals surface area contributed by atoms with Gasteiger partial charge in [0, 0.05) is 64.9 Å². The summed E-state index contributed by atoms with van der Waals surface area (Å²) in [4.78, 5) is 24.4. The van der Waals surface area contributed by atoms with Crippen molar-refractivity contribution in [3.05, 3.63) is 147 Å². The van der Waals surface area contributed by atoms with Gasteiger partial charge in [-0.2, -0.15) is 10.2 Å². The topological polar surface area (TPSA) is 103 Å². The molecular formula is C32H24N8. The van der Waals surface area contributed by atoms with Gasteiger partial charge in [0.2, 0.25) is 0 Å². The van der Waals surface area contributed by atoms with Crippen molar-refractivity contribution in [1.82, 2.24) is 40.1 Å². The first-order valence-corrected chi connectivity index (χ1v) is 12.5. The predicted molar refractivity (Wildman–Crippen MR) is 158 cm³/mol. The van der Waals surface area contributed by atoms with Crippen LogP contribution in [0.4, 0.5) is 0 Å². The van der Waals surface area contributed by atoms with Crippen LogP contribution in [0.15, 0.2) is 147 Å². The van der Waals surface area contributed by atoms with Gasteiger partial charge < -0.3 is 0 Å². The van der Waals surface area contributed by atoms with Gasteiger partial charge in [-0.1, -0.05) is 42.5 Å². The summed E-state index contributed by atoms with van der Waals surface area (Å²) in [6.45, 7) is 0. The van der Waals surface area contributed by atoms with Gasteiger partial charge in [-0.3, -0.25) is 29.9 Å². The van der Waals surface area contributed by atoms with Crippen LogP contribution < -0.4 is 0 Å². The molecule has 0 N–H and O–H groups in total. The minimum Gasteiger partial charge on any atom is -0.264 e. The molecule has 0 saturated carbocycles. The molecule has 2 aromatic carbocycles. The van der Waals surface area contributed by atoms with Crippen LogP contribution in [0.3, 0.4) is 0 Å². The minimum atomic E-state index is 0.949. The molecule has 40 heavy (non-hydrogen) atoms. The Morgan fingerprint density at radius 1 is 0.300 bits per heavy atom. The molecule has 0 aliphatic rings. The molecule has 0 atom stereocenters. The van der Waals surface area contributed by atoms with Gasteiger partial charge in [0.25, 0.3) is 0 Å².